The second-order valence-electron chi connectivity index (χ2n) is 30.1. The number of likely N-dealkylation sites (N-methyl/N-ethyl adjacent to an activating group) is 7. The average molecular weight is 1420 g/mol. The largest absolute Gasteiger partial charge is 0.394 e. The number of carbonyl (C=O) groups is 12. The molecule has 4 aliphatic carbocycles. The highest BCUT2D eigenvalue weighted by atomic mass is 35.5. The van der Waals surface area contributed by atoms with Crippen molar-refractivity contribution in [2.45, 2.75) is 247 Å². The molecule has 0 aromatic rings. The van der Waals surface area contributed by atoms with Crippen molar-refractivity contribution in [3.8, 4) is 0 Å². The van der Waals surface area contributed by atoms with E-state index in [1.165, 1.54) is 73.8 Å². The average Bonchev–Trinajstić information content (AvgIpc) is 1.74. The van der Waals surface area contributed by atoms with Crippen LogP contribution in [0.3, 0.4) is 0 Å². The first kappa shape index (κ1) is 80.0. The number of piperidine rings is 1. The van der Waals surface area contributed by atoms with Crippen molar-refractivity contribution in [1.82, 2.24) is 60.0 Å². The summed E-state index contributed by atoms with van der Waals surface area (Å²) in [5, 5.41) is 17.9. The number of aliphatic hydroxyl groups is 1. The molecule has 25 nitrogen and oxygen atoms in total. The number of amides is 12. The molecule has 7 rings (SSSR count). The fraction of sp³-hybridized carbons (Fsp3) is 0.829. The van der Waals surface area contributed by atoms with Crippen LogP contribution in [-0.4, -0.2) is 275 Å². The summed E-state index contributed by atoms with van der Waals surface area (Å²) in [6, 6.07) is -9.14. The molecule has 7 aliphatic rings. The van der Waals surface area contributed by atoms with Crippen LogP contribution in [-0.2, 0) is 57.5 Å². The highest BCUT2D eigenvalue weighted by Gasteiger charge is 2.52. The molecular formula is C70H112ClF3N12O13. The van der Waals surface area contributed by atoms with Gasteiger partial charge in [0, 0.05) is 74.3 Å². The van der Waals surface area contributed by atoms with Gasteiger partial charge in [0.2, 0.25) is 70.9 Å². The van der Waals surface area contributed by atoms with Gasteiger partial charge in [0.05, 0.1) is 38.6 Å². The van der Waals surface area contributed by atoms with Gasteiger partial charge in [-0.2, -0.15) is 13.2 Å². The molecule has 29 heteroatoms. The lowest BCUT2D eigenvalue weighted by molar-refractivity contribution is -0.182. The van der Waals surface area contributed by atoms with E-state index in [-0.39, 0.29) is 88.5 Å². The van der Waals surface area contributed by atoms with Crippen molar-refractivity contribution >= 4 is 82.5 Å². The summed E-state index contributed by atoms with van der Waals surface area (Å²) in [4.78, 5) is 189. The fourth-order valence-electron chi connectivity index (χ4n) is 16.4. The molecule has 7 fully saturated rings. The molecule has 3 heterocycles. The quantitative estimate of drug-likeness (QED) is 0.221. The number of nitrogens with zero attached hydrogens (tertiary/aromatic N) is 9. The summed E-state index contributed by atoms with van der Waals surface area (Å²) < 4.78 is 42.0. The standard InChI is InChI=1S/C70H112ClF3N12O13/c1-44(2)36-53-61(92)76-51(43-87)63(94)80(5)41-58(90)78(3)42-59(91)82(7)54(38-45-22-13-10-14-23-45)65(96)79(4)40-56(88)75-50(30-28-46-27-29-48(49(71)37-46)70(72,73)74)64(95)86-35-21-26-52(86)62(93)77-69(31-17-18-32-69)68(99)84(9)60(47-24-15-11-16-25-47)67(98)83(8)55(39-57(89)81(53)6)66(97)85-33-19-12-20-34-85/h44-55,60,87H,10-43H2,1-9H3,(H,75,88)(H,76,92)(H,77,93)/t46?,48?,49?,50-,51-,52-,53-,54-,55-,60-/m0/s1. The molecule has 4 saturated carbocycles. The normalized spacial score (nSPS) is 30.0. The van der Waals surface area contributed by atoms with Gasteiger partial charge in [-0.3, -0.25) is 57.5 Å². The number of alkyl halides is 4. The van der Waals surface area contributed by atoms with E-state index in [0.717, 1.165) is 72.5 Å². The van der Waals surface area contributed by atoms with E-state index >= 15 is 24.0 Å². The van der Waals surface area contributed by atoms with Gasteiger partial charge in [-0.1, -0.05) is 78.1 Å². The molecule has 0 aromatic heterocycles. The van der Waals surface area contributed by atoms with Crippen LogP contribution in [0.5, 0.6) is 0 Å². The van der Waals surface area contributed by atoms with Gasteiger partial charge >= 0.3 is 6.18 Å². The molecule has 558 valence electrons. The molecular weight excluding hydrogens is 1310 g/mol. The van der Waals surface area contributed by atoms with Gasteiger partial charge in [-0.15, -0.1) is 11.6 Å². The van der Waals surface area contributed by atoms with Gasteiger partial charge in [0.15, 0.2) is 0 Å². The highest BCUT2D eigenvalue weighted by Crippen LogP contribution is 2.44. The van der Waals surface area contributed by atoms with E-state index in [0.29, 0.717) is 58.0 Å². The lowest BCUT2D eigenvalue weighted by Crippen LogP contribution is -2.65. The molecule has 12 amide bonds. The molecule has 3 aliphatic heterocycles. The number of halogens is 4. The van der Waals surface area contributed by atoms with E-state index in [1.807, 2.05) is 13.8 Å². The van der Waals surface area contributed by atoms with E-state index in [2.05, 4.69) is 16.0 Å². The summed E-state index contributed by atoms with van der Waals surface area (Å²) in [6.07, 6.45) is 7.10. The van der Waals surface area contributed by atoms with Crippen LogP contribution >= 0.6 is 11.6 Å². The van der Waals surface area contributed by atoms with Crippen molar-refractivity contribution in [2.24, 2.45) is 29.6 Å². The van der Waals surface area contributed by atoms with Crippen LogP contribution in [0.1, 0.15) is 187 Å². The molecule has 0 aromatic carbocycles. The molecule has 4 N–H and O–H groups in total. The predicted molar refractivity (Wildman–Crippen MR) is 362 cm³/mol. The number of likely N-dealkylation sites (tertiary alicyclic amines) is 1. The summed E-state index contributed by atoms with van der Waals surface area (Å²) in [5.74, 6) is -10.9. The van der Waals surface area contributed by atoms with Gasteiger partial charge in [0.1, 0.15) is 47.8 Å². The smallest absolute Gasteiger partial charge is 0.393 e. The van der Waals surface area contributed by atoms with Crippen LogP contribution in [0.4, 0.5) is 13.2 Å². The Morgan fingerprint density at radius 3 is 1.78 bits per heavy atom. The SMILES string of the molecule is CC(C)C[C@H]1C(=O)N[C@@H](CO)C(=O)N(C)CC(=O)N(C)CC(=O)N(C)[C@@H](CC2CCCCC2)C(=O)N(C)CC(=O)N[C@@H](CCC2CCC(C(F)(F)F)C(Cl)C2)C(=O)N2CCC[C@H]2C(=O)NC2(CCCC2)C(=O)N(C)[C@@H](C2CCCCC2)C(=O)N(C)[C@H](C(=O)N2CCCCC2)CC(=O)N1C. The zero-order valence-electron chi connectivity index (χ0n) is 59.9. The molecule has 0 radical (unpaired) electrons. The monoisotopic (exact) mass is 1420 g/mol. The van der Waals surface area contributed by atoms with Crippen molar-refractivity contribution in [2.75, 3.05) is 95.2 Å². The first-order valence-electron chi connectivity index (χ1n) is 36.4. The first-order valence-corrected chi connectivity index (χ1v) is 36.8. The van der Waals surface area contributed by atoms with E-state index in [4.69, 9.17) is 11.6 Å². The summed E-state index contributed by atoms with van der Waals surface area (Å²) in [5.41, 5.74) is -1.56. The molecule has 3 saturated heterocycles. The lowest BCUT2D eigenvalue weighted by Gasteiger charge is -2.43. The molecule has 99 heavy (non-hydrogen) atoms. The van der Waals surface area contributed by atoms with Crippen molar-refractivity contribution < 1.29 is 75.8 Å². The Bertz CT molecular complexity index is 2870. The van der Waals surface area contributed by atoms with E-state index in [1.54, 1.807) is 4.90 Å². The predicted octanol–water partition coefficient (Wildman–Crippen LogP) is 4.43. The second-order valence-corrected chi connectivity index (χ2v) is 30.7. The Morgan fingerprint density at radius 1 is 0.576 bits per heavy atom. The van der Waals surface area contributed by atoms with Crippen molar-refractivity contribution in [1.29, 1.82) is 0 Å². The maximum atomic E-state index is 15.7. The number of fused-ring (bicyclic) bond motifs is 1. The Labute approximate surface area is 587 Å². The Morgan fingerprint density at radius 2 is 1.17 bits per heavy atom. The molecule has 0 bridgehead atoms. The summed E-state index contributed by atoms with van der Waals surface area (Å²) >= 11 is 6.40. The lowest BCUT2D eigenvalue weighted by atomic mass is 9.78. The minimum atomic E-state index is -4.51. The van der Waals surface area contributed by atoms with Crippen LogP contribution in [0.2, 0.25) is 0 Å². The maximum absolute atomic E-state index is 15.7. The van der Waals surface area contributed by atoms with Gasteiger partial charge in [-0.25, -0.2) is 0 Å². The maximum Gasteiger partial charge on any atom is 0.393 e. The van der Waals surface area contributed by atoms with Gasteiger partial charge in [-0.05, 0) is 126 Å². The van der Waals surface area contributed by atoms with Crippen LogP contribution in [0.25, 0.3) is 0 Å². The topological polar surface area (TPSA) is 290 Å². The van der Waals surface area contributed by atoms with E-state index < -0.39 is 175 Å². The molecule has 1 spiro atoms. The van der Waals surface area contributed by atoms with Crippen molar-refractivity contribution in [3.63, 3.8) is 0 Å². The first-order chi connectivity index (χ1) is 46.8. The number of nitrogens with one attached hydrogen (secondary N) is 3. The van der Waals surface area contributed by atoms with Crippen LogP contribution < -0.4 is 16.0 Å². The highest BCUT2D eigenvalue weighted by molar-refractivity contribution is 6.21. The number of hydrogen-bond acceptors (Lipinski definition) is 13. The number of aliphatic hydroxyl groups excluding tert-OH is 1. The van der Waals surface area contributed by atoms with E-state index in [9.17, 15) is 51.8 Å². The van der Waals surface area contributed by atoms with Crippen molar-refractivity contribution in [3.05, 3.63) is 0 Å². The Balaban J connectivity index is 1.26. The minimum Gasteiger partial charge on any atom is -0.394 e. The zero-order valence-corrected chi connectivity index (χ0v) is 60.7. The fourth-order valence-corrected chi connectivity index (χ4v) is 16.9. The number of hydrogen-bond donors (Lipinski definition) is 4. The molecule has 3 unspecified atom stereocenters. The summed E-state index contributed by atoms with van der Waals surface area (Å²) in [7, 11) is 9.74. The summed E-state index contributed by atoms with van der Waals surface area (Å²) in [6.45, 7) is 1.72. The zero-order chi connectivity index (χ0) is 72.8. The third-order valence-electron chi connectivity index (χ3n) is 22.5. The Kier molecular flexibility index (Phi) is 29.1. The number of carbonyl (C=O) groups excluding carboxylic acids is 12. The third kappa shape index (κ3) is 20.5. The van der Waals surface area contributed by atoms with Crippen LogP contribution in [0.15, 0.2) is 0 Å². The second kappa shape index (κ2) is 36.0. The third-order valence-corrected chi connectivity index (χ3v) is 23.0. The Hall–Kier alpha value is -6.32. The molecule has 10 atom stereocenters. The van der Waals surface area contributed by atoms with Crippen LogP contribution in [0, 0.1) is 29.6 Å². The minimum absolute atomic E-state index is 0.00458. The number of rotatable bonds is 10. The van der Waals surface area contributed by atoms with Gasteiger partial charge in [0.25, 0.3) is 0 Å². The van der Waals surface area contributed by atoms with Gasteiger partial charge < -0.3 is 65.2 Å².